The van der Waals surface area contributed by atoms with Crippen molar-refractivity contribution in [2.75, 3.05) is 0 Å². The van der Waals surface area contributed by atoms with Crippen LogP contribution >= 0.6 is 0 Å². The Balaban J connectivity index is 2.73. The molecule has 0 heterocycles. The SMILES string of the molecule is N[C@H](C=O)Cc1ccc([N+](=O)[O-])cc1. The average Bonchev–Trinajstić information content (AvgIpc) is 2.18. The summed E-state index contributed by atoms with van der Waals surface area (Å²) < 4.78 is 0. The zero-order chi connectivity index (χ0) is 10.6. The number of benzene rings is 1. The highest BCUT2D eigenvalue weighted by atomic mass is 16.6. The molecule has 0 radical (unpaired) electrons. The van der Waals surface area contributed by atoms with Gasteiger partial charge < -0.3 is 10.5 Å². The first-order chi connectivity index (χ1) is 6.63. The zero-order valence-electron chi connectivity index (χ0n) is 7.42. The van der Waals surface area contributed by atoms with E-state index in [9.17, 15) is 14.9 Å². The Morgan fingerprint density at radius 2 is 2.00 bits per heavy atom. The van der Waals surface area contributed by atoms with E-state index in [4.69, 9.17) is 5.73 Å². The van der Waals surface area contributed by atoms with E-state index in [0.717, 1.165) is 5.56 Å². The highest BCUT2D eigenvalue weighted by Gasteiger charge is 2.06. The maximum Gasteiger partial charge on any atom is 0.269 e. The second-order valence-corrected chi connectivity index (χ2v) is 2.93. The molecule has 0 amide bonds. The number of non-ortho nitro benzene ring substituents is 1. The van der Waals surface area contributed by atoms with Crippen LogP contribution in [0.5, 0.6) is 0 Å². The van der Waals surface area contributed by atoms with Gasteiger partial charge in [-0.05, 0) is 12.0 Å². The quantitative estimate of drug-likeness (QED) is 0.433. The Kier molecular flexibility index (Phi) is 3.30. The summed E-state index contributed by atoms with van der Waals surface area (Å²) in [5.41, 5.74) is 6.25. The van der Waals surface area contributed by atoms with Crippen LogP contribution in [0.3, 0.4) is 0 Å². The fourth-order valence-corrected chi connectivity index (χ4v) is 1.07. The summed E-state index contributed by atoms with van der Waals surface area (Å²) in [6.07, 6.45) is 1.06. The van der Waals surface area contributed by atoms with Crippen molar-refractivity contribution in [3.05, 3.63) is 39.9 Å². The van der Waals surface area contributed by atoms with E-state index in [1.165, 1.54) is 12.1 Å². The Morgan fingerprint density at radius 3 is 2.43 bits per heavy atom. The molecule has 5 heteroatoms. The summed E-state index contributed by atoms with van der Waals surface area (Å²) in [6.45, 7) is 0. The molecule has 0 aliphatic rings. The largest absolute Gasteiger partial charge is 0.321 e. The van der Waals surface area contributed by atoms with E-state index in [0.29, 0.717) is 12.7 Å². The summed E-state index contributed by atoms with van der Waals surface area (Å²) in [7, 11) is 0. The van der Waals surface area contributed by atoms with Crippen molar-refractivity contribution in [1.82, 2.24) is 0 Å². The van der Waals surface area contributed by atoms with Gasteiger partial charge in [0, 0.05) is 12.1 Å². The van der Waals surface area contributed by atoms with Crippen LogP contribution in [-0.4, -0.2) is 17.3 Å². The number of rotatable bonds is 4. The van der Waals surface area contributed by atoms with Crippen LogP contribution in [0.2, 0.25) is 0 Å². The number of nitrogens with two attached hydrogens (primary N) is 1. The Labute approximate surface area is 80.7 Å². The molecule has 14 heavy (non-hydrogen) atoms. The molecule has 0 saturated carbocycles. The molecule has 0 saturated heterocycles. The second-order valence-electron chi connectivity index (χ2n) is 2.93. The van der Waals surface area contributed by atoms with Gasteiger partial charge in [0.15, 0.2) is 0 Å². The number of hydrogen-bond donors (Lipinski definition) is 1. The second kappa shape index (κ2) is 4.48. The third-order valence-corrected chi connectivity index (χ3v) is 1.79. The van der Waals surface area contributed by atoms with E-state index in [2.05, 4.69) is 0 Å². The first kappa shape index (κ1) is 10.3. The van der Waals surface area contributed by atoms with E-state index >= 15 is 0 Å². The van der Waals surface area contributed by atoms with E-state index < -0.39 is 11.0 Å². The molecule has 74 valence electrons. The monoisotopic (exact) mass is 194 g/mol. The van der Waals surface area contributed by atoms with Crippen molar-refractivity contribution in [3.8, 4) is 0 Å². The lowest BCUT2D eigenvalue weighted by atomic mass is 10.1. The lowest BCUT2D eigenvalue weighted by molar-refractivity contribution is -0.384. The number of carbonyl (C=O) groups excluding carboxylic acids is 1. The minimum absolute atomic E-state index is 0.0356. The van der Waals surface area contributed by atoms with Crippen molar-refractivity contribution in [3.63, 3.8) is 0 Å². The molecule has 1 atom stereocenters. The molecule has 0 spiro atoms. The number of hydrogen-bond acceptors (Lipinski definition) is 4. The molecule has 0 fully saturated rings. The van der Waals surface area contributed by atoms with Crippen molar-refractivity contribution in [2.24, 2.45) is 5.73 Å². The molecule has 5 nitrogen and oxygen atoms in total. The highest BCUT2D eigenvalue weighted by molar-refractivity contribution is 5.57. The number of nitro groups is 1. The van der Waals surface area contributed by atoms with Crippen LogP contribution in [-0.2, 0) is 11.2 Å². The standard InChI is InChI=1S/C9H10N2O3/c10-8(6-12)5-7-1-3-9(4-2-7)11(13)14/h1-4,6,8H,5,10H2/t8-/m0/s1. The van der Waals surface area contributed by atoms with Crippen LogP contribution < -0.4 is 5.73 Å². The van der Waals surface area contributed by atoms with Crippen LogP contribution in [0.4, 0.5) is 5.69 Å². The lowest BCUT2D eigenvalue weighted by Crippen LogP contribution is -2.23. The van der Waals surface area contributed by atoms with Gasteiger partial charge in [0.05, 0.1) is 11.0 Å². The third kappa shape index (κ3) is 2.63. The average molecular weight is 194 g/mol. The molecular formula is C9H10N2O3. The number of nitro benzene ring substituents is 1. The maximum atomic E-state index is 10.3. The van der Waals surface area contributed by atoms with Crippen LogP contribution in [0, 0.1) is 10.1 Å². The minimum Gasteiger partial charge on any atom is -0.321 e. The number of aldehydes is 1. The summed E-state index contributed by atoms with van der Waals surface area (Å²) in [5.74, 6) is 0. The molecule has 2 N–H and O–H groups in total. The molecule has 0 bridgehead atoms. The predicted octanol–water partition coefficient (Wildman–Crippen LogP) is 0.663. The molecule has 1 aromatic rings. The van der Waals surface area contributed by atoms with E-state index in [1.54, 1.807) is 12.1 Å². The summed E-state index contributed by atoms with van der Waals surface area (Å²) >= 11 is 0. The van der Waals surface area contributed by atoms with Gasteiger partial charge in [-0.15, -0.1) is 0 Å². The Morgan fingerprint density at radius 1 is 1.43 bits per heavy atom. The van der Waals surface area contributed by atoms with Gasteiger partial charge in [-0.25, -0.2) is 0 Å². The molecule has 0 aromatic heterocycles. The molecule has 0 unspecified atom stereocenters. The Bertz CT molecular complexity index is 334. The first-order valence-corrected chi connectivity index (χ1v) is 4.07. The summed E-state index contributed by atoms with van der Waals surface area (Å²) in [5, 5.41) is 10.3. The maximum absolute atomic E-state index is 10.3. The predicted molar refractivity (Wildman–Crippen MR) is 50.8 cm³/mol. The van der Waals surface area contributed by atoms with Crippen LogP contribution in [0.15, 0.2) is 24.3 Å². The Hall–Kier alpha value is -1.75. The normalized spacial score (nSPS) is 12.1. The van der Waals surface area contributed by atoms with E-state index in [-0.39, 0.29) is 5.69 Å². The van der Waals surface area contributed by atoms with Gasteiger partial charge in [-0.3, -0.25) is 10.1 Å². The summed E-state index contributed by atoms with van der Waals surface area (Å²) in [4.78, 5) is 20.1. The summed E-state index contributed by atoms with van der Waals surface area (Å²) in [6, 6.07) is 5.44. The van der Waals surface area contributed by atoms with Gasteiger partial charge >= 0.3 is 0 Å². The minimum atomic E-state index is -0.545. The smallest absolute Gasteiger partial charge is 0.269 e. The van der Waals surface area contributed by atoms with Gasteiger partial charge in [-0.1, -0.05) is 12.1 Å². The van der Waals surface area contributed by atoms with E-state index in [1.807, 2.05) is 0 Å². The van der Waals surface area contributed by atoms with Gasteiger partial charge in [-0.2, -0.15) is 0 Å². The van der Waals surface area contributed by atoms with Crippen molar-refractivity contribution in [1.29, 1.82) is 0 Å². The number of nitrogens with zero attached hydrogens (tertiary/aromatic N) is 1. The van der Waals surface area contributed by atoms with Crippen LogP contribution in [0.1, 0.15) is 5.56 Å². The van der Waals surface area contributed by atoms with Crippen LogP contribution in [0.25, 0.3) is 0 Å². The van der Waals surface area contributed by atoms with Gasteiger partial charge in [0.1, 0.15) is 6.29 Å². The first-order valence-electron chi connectivity index (χ1n) is 4.07. The topological polar surface area (TPSA) is 86.2 Å². The fraction of sp³-hybridized carbons (Fsp3) is 0.222. The highest BCUT2D eigenvalue weighted by Crippen LogP contribution is 2.12. The molecule has 0 aliphatic heterocycles. The van der Waals surface area contributed by atoms with Crippen molar-refractivity contribution >= 4 is 12.0 Å². The lowest BCUT2D eigenvalue weighted by Gasteiger charge is -2.02. The van der Waals surface area contributed by atoms with Crippen molar-refractivity contribution < 1.29 is 9.72 Å². The zero-order valence-corrected chi connectivity index (χ0v) is 7.42. The molecular weight excluding hydrogens is 184 g/mol. The molecule has 1 aromatic carbocycles. The van der Waals surface area contributed by atoms with Crippen molar-refractivity contribution in [2.45, 2.75) is 12.5 Å². The molecule has 1 rings (SSSR count). The van der Waals surface area contributed by atoms with Gasteiger partial charge in [0.2, 0.25) is 0 Å². The van der Waals surface area contributed by atoms with Gasteiger partial charge in [0.25, 0.3) is 5.69 Å². The number of carbonyl (C=O) groups is 1. The third-order valence-electron chi connectivity index (χ3n) is 1.79. The fourth-order valence-electron chi connectivity index (χ4n) is 1.07. The molecule has 0 aliphatic carbocycles.